The molecule has 7 nitrogen and oxygen atoms in total. The van der Waals surface area contributed by atoms with E-state index in [1.165, 1.54) is 30.3 Å². The molecule has 1 heterocycles. The van der Waals surface area contributed by atoms with Crippen molar-refractivity contribution >= 4 is 21.8 Å². The number of nitrogens with one attached hydrogen (secondary N) is 2. The van der Waals surface area contributed by atoms with E-state index in [9.17, 15) is 26.4 Å². The number of aliphatic imine (C=N–C) groups is 1. The lowest BCUT2D eigenvalue weighted by Gasteiger charge is -2.09. The molecule has 32 heavy (non-hydrogen) atoms. The van der Waals surface area contributed by atoms with Crippen molar-refractivity contribution < 1.29 is 31.1 Å². The molecule has 2 N–H and O–H groups in total. The van der Waals surface area contributed by atoms with E-state index < -0.39 is 16.4 Å². The maximum Gasteiger partial charge on any atom is 0.573 e. The lowest BCUT2D eigenvalue weighted by atomic mass is 10.1. The predicted octanol–water partition coefficient (Wildman–Crippen LogP) is 3.50. The molecule has 1 aliphatic heterocycles. The van der Waals surface area contributed by atoms with E-state index in [4.69, 9.17) is 0 Å². The van der Waals surface area contributed by atoms with Crippen LogP contribution >= 0.6 is 0 Å². The number of nitrogens with zero attached hydrogens (tertiary/aromatic N) is 1. The van der Waals surface area contributed by atoms with Gasteiger partial charge >= 0.3 is 6.36 Å². The average Bonchev–Trinajstić information content (AvgIpc) is 2.99. The first-order valence-electron chi connectivity index (χ1n) is 9.92. The SMILES string of the molecule is O=C(CCCCCN=C1NS(=O)(=O)c2ccccc21)NCc1ccc(OC(F)(F)F)cc1. The number of halogens is 3. The van der Waals surface area contributed by atoms with E-state index >= 15 is 0 Å². The van der Waals surface area contributed by atoms with Crippen LogP contribution in [0, 0.1) is 0 Å². The number of unbranched alkanes of at least 4 members (excludes halogenated alkanes) is 2. The van der Waals surface area contributed by atoms with Crippen LogP contribution in [0.1, 0.15) is 36.8 Å². The number of benzene rings is 2. The van der Waals surface area contributed by atoms with Crippen molar-refractivity contribution in [2.24, 2.45) is 4.99 Å². The molecule has 0 atom stereocenters. The van der Waals surface area contributed by atoms with Crippen LogP contribution in [-0.4, -0.2) is 33.1 Å². The molecule has 3 rings (SSSR count). The fraction of sp³-hybridized carbons (Fsp3) is 0.333. The predicted molar refractivity (Wildman–Crippen MR) is 112 cm³/mol. The third-order valence-electron chi connectivity index (χ3n) is 4.64. The van der Waals surface area contributed by atoms with Crippen LogP contribution in [0.2, 0.25) is 0 Å². The first kappa shape index (κ1) is 23.6. The Hall–Kier alpha value is -3.08. The zero-order chi connectivity index (χ0) is 23.2. The minimum Gasteiger partial charge on any atom is -0.406 e. The second kappa shape index (κ2) is 10.0. The van der Waals surface area contributed by atoms with Gasteiger partial charge in [0, 0.05) is 25.1 Å². The lowest BCUT2D eigenvalue weighted by Crippen LogP contribution is -2.22. The standard InChI is InChI=1S/C21H22F3N3O4S/c22-21(23,24)31-16-11-9-15(10-12-16)14-26-19(28)8-2-1-5-13-25-20-17-6-3-4-7-18(17)32(29,30)27-20/h3-4,6-7,9-12H,1-2,5,8,13-14H2,(H,25,27)(H,26,28). The van der Waals surface area contributed by atoms with Crippen LogP contribution in [0.25, 0.3) is 0 Å². The van der Waals surface area contributed by atoms with E-state index in [0.717, 1.165) is 6.42 Å². The number of amides is 1. The van der Waals surface area contributed by atoms with E-state index in [0.29, 0.717) is 42.8 Å². The first-order valence-corrected chi connectivity index (χ1v) is 11.4. The summed E-state index contributed by atoms with van der Waals surface area (Å²) < 4.78 is 66.7. The Labute approximate surface area is 183 Å². The topological polar surface area (TPSA) is 96.9 Å². The van der Waals surface area contributed by atoms with Crippen molar-refractivity contribution in [1.82, 2.24) is 10.0 Å². The summed E-state index contributed by atoms with van der Waals surface area (Å²) in [6, 6.07) is 11.9. The van der Waals surface area contributed by atoms with Gasteiger partial charge in [0.2, 0.25) is 5.91 Å². The second-order valence-electron chi connectivity index (χ2n) is 7.11. The Morgan fingerprint density at radius 2 is 1.75 bits per heavy atom. The zero-order valence-corrected chi connectivity index (χ0v) is 17.8. The molecule has 2 aromatic rings. The molecule has 0 spiro atoms. The minimum absolute atomic E-state index is 0.163. The largest absolute Gasteiger partial charge is 0.573 e. The third kappa shape index (κ3) is 6.71. The molecule has 0 aromatic heterocycles. The fourth-order valence-electron chi connectivity index (χ4n) is 3.11. The monoisotopic (exact) mass is 469 g/mol. The van der Waals surface area contributed by atoms with Crippen molar-refractivity contribution in [3.05, 3.63) is 59.7 Å². The number of amidine groups is 1. The van der Waals surface area contributed by atoms with Gasteiger partial charge in [0.15, 0.2) is 0 Å². The van der Waals surface area contributed by atoms with E-state index in [1.54, 1.807) is 18.2 Å². The summed E-state index contributed by atoms with van der Waals surface area (Å²) in [5.74, 6) is -0.139. The Balaban J connectivity index is 1.34. The van der Waals surface area contributed by atoms with Crippen LogP contribution < -0.4 is 14.8 Å². The highest BCUT2D eigenvalue weighted by atomic mass is 32.2. The van der Waals surface area contributed by atoms with Gasteiger partial charge in [-0.1, -0.05) is 30.7 Å². The zero-order valence-electron chi connectivity index (χ0n) is 17.0. The molecule has 0 bridgehead atoms. The quantitative estimate of drug-likeness (QED) is 0.550. The summed E-state index contributed by atoms with van der Waals surface area (Å²) >= 11 is 0. The average molecular weight is 469 g/mol. The van der Waals surface area contributed by atoms with Gasteiger partial charge in [0.05, 0.1) is 4.90 Å². The number of alkyl halides is 3. The van der Waals surface area contributed by atoms with Gasteiger partial charge in [-0.2, -0.15) is 0 Å². The van der Waals surface area contributed by atoms with E-state index in [2.05, 4.69) is 19.8 Å². The molecule has 0 radical (unpaired) electrons. The van der Waals surface area contributed by atoms with Gasteiger partial charge < -0.3 is 10.1 Å². The molecule has 172 valence electrons. The van der Waals surface area contributed by atoms with E-state index in [1.807, 2.05) is 0 Å². The second-order valence-corrected chi connectivity index (χ2v) is 8.76. The third-order valence-corrected chi connectivity index (χ3v) is 6.04. The molecule has 1 aliphatic rings. The Kier molecular flexibility index (Phi) is 7.39. The Bertz CT molecular complexity index is 1080. The molecule has 2 aromatic carbocycles. The molecule has 0 unspecified atom stereocenters. The van der Waals surface area contributed by atoms with Crippen molar-refractivity contribution in [2.45, 2.75) is 43.5 Å². The summed E-state index contributed by atoms with van der Waals surface area (Å²) in [6.45, 7) is 0.637. The molecule has 0 saturated carbocycles. The van der Waals surface area contributed by atoms with Crippen LogP contribution in [0.3, 0.4) is 0 Å². The number of sulfonamides is 1. The highest BCUT2D eigenvalue weighted by Crippen LogP contribution is 2.23. The lowest BCUT2D eigenvalue weighted by molar-refractivity contribution is -0.274. The van der Waals surface area contributed by atoms with Gasteiger partial charge in [0.25, 0.3) is 10.0 Å². The summed E-state index contributed by atoms with van der Waals surface area (Å²) in [5.41, 5.74) is 1.22. The molecule has 0 aliphatic carbocycles. The van der Waals surface area contributed by atoms with Gasteiger partial charge in [-0.25, -0.2) is 8.42 Å². The van der Waals surface area contributed by atoms with Gasteiger partial charge in [-0.15, -0.1) is 13.2 Å². The first-order chi connectivity index (χ1) is 15.1. The number of hydrogen-bond acceptors (Lipinski definition) is 5. The molecule has 11 heteroatoms. The van der Waals surface area contributed by atoms with E-state index in [-0.39, 0.29) is 23.1 Å². The van der Waals surface area contributed by atoms with Crippen molar-refractivity contribution in [2.75, 3.05) is 6.54 Å². The normalized spacial score (nSPS) is 15.8. The maximum atomic E-state index is 12.1. The van der Waals surface area contributed by atoms with Gasteiger partial charge in [0.1, 0.15) is 11.6 Å². The minimum atomic E-state index is -4.74. The molecule has 0 saturated heterocycles. The highest BCUT2D eigenvalue weighted by molar-refractivity contribution is 7.90. The number of rotatable bonds is 9. The fourth-order valence-corrected chi connectivity index (χ4v) is 4.37. The number of fused-ring (bicyclic) bond motifs is 1. The number of carbonyl (C=O) groups excluding carboxylic acids is 1. The summed E-state index contributed by atoms with van der Waals surface area (Å²) in [5, 5.41) is 2.72. The number of hydrogen-bond donors (Lipinski definition) is 2. The Morgan fingerprint density at radius 3 is 2.47 bits per heavy atom. The van der Waals surface area contributed by atoms with Crippen LogP contribution in [0.5, 0.6) is 5.75 Å². The molecule has 0 fully saturated rings. The molecular formula is C21H22F3N3O4S. The molecule has 1 amide bonds. The van der Waals surface area contributed by atoms with Crippen molar-refractivity contribution in [1.29, 1.82) is 0 Å². The maximum absolute atomic E-state index is 12.1. The van der Waals surface area contributed by atoms with Crippen molar-refractivity contribution in [3.63, 3.8) is 0 Å². The molecular weight excluding hydrogens is 447 g/mol. The van der Waals surface area contributed by atoms with Crippen molar-refractivity contribution in [3.8, 4) is 5.75 Å². The highest BCUT2D eigenvalue weighted by Gasteiger charge is 2.31. The summed E-state index contributed by atoms with van der Waals surface area (Å²) in [4.78, 5) is 16.5. The Morgan fingerprint density at radius 1 is 1.03 bits per heavy atom. The van der Waals surface area contributed by atoms with Crippen LogP contribution in [-0.2, 0) is 21.4 Å². The van der Waals surface area contributed by atoms with Crippen LogP contribution in [0.4, 0.5) is 13.2 Å². The van der Waals surface area contributed by atoms with Gasteiger partial charge in [-0.05, 0) is 42.7 Å². The summed E-state index contributed by atoms with van der Waals surface area (Å²) in [6.07, 6.45) is -2.36. The number of carbonyl (C=O) groups is 1. The number of ether oxygens (including phenoxy) is 1. The summed E-state index contributed by atoms with van der Waals surface area (Å²) in [7, 11) is -3.54. The van der Waals surface area contributed by atoms with Gasteiger partial charge in [-0.3, -0.25) is 14.5 Å². The van der Waals surface area contributed by atoms with Crippen LogP contribution in [0.15, 0.2) is 58.4 Å². The smallest absolute Gasteiger partial charge is 0.406 e.